The average molecular weight is 408 g/mol. The molecule has 160 valence electrons. The molecule has 0 bridgehead atoms. The molecule has 0 spiro atoms. The van der Waals surface area contributed by atoms with Crippen molar-refractivity contribution in [3.63, 3.8) is 0 Å². The summed E-state index contributed by atoms with van der Waals surface area (Å²) in [4.78, 5) is 32.3. The summed E-state index contributed by atoms with van der Waals surface area (Å²) in [5.74, 6) is 0.201. The number of rotatable bonds is 7. The first-order valence-corrected chi connectivity index (χ1v) is 11.0. The van der Waals surface area contributed by atoms with Gasteiger partial charge in [-0.05, 0) is 56.7 Å². The van der Waals surface area contributed by atoms with Crippen LogP contribution in [0, 0.1) is 5.41 Å². The summed E-state index contributed by atoms with van der Waals surface area (Å²) in [6, 6.07) is 12.3. The second-order valence-corrected chi connectivity index (χ2v) is 8.65. The molecular formula is C25H33N3O2. The molecule has 2 aromatic rings. The minimum absolute atomic E-state index is 0.0486. The Bertz CT molecular complexity index is 866. The smallest absolute Gasteiger partial charge is 0.228 e. The molecule has 1 atom stereocenters. The second-order valence-electron chi connectivity index (χ2n) is 8.65. The number of piperidine rings is 1. The van der Waals surface area contributed by atoms with Crippen LogP contribution in [0.1, 0.15) is 52.0 Å². The zero-order chi connectivity index (χ0) is 21.6. The quantitative estimate of drug-likeness (QED) is 0.747. The van der Waals surface area contributed by atoms with Gasteiger partial charge in [-0.1, -0.05) is 37.3 Å². The Balaban J connectivity index is 1.97. The summed E-state index contributed by atoms with van der Waals surface area (Å²) in [6.45, 7) is 7.20. The number of carbonyl (C=O) groups excluding carboxylic acids is 2. The first-order valence-electron chi connectivity index (χ1n) is 11.0. The number of amides is 2. The molecule has 1 aliphatic rings. The van der Waals surface area contributed by atoms with Crippen LogP contribution in [0.25, 0.3) is 11.1 Å². The Morgan fingerprint density at radius 1 is 1.20 bits per heavy atom. The van der Waals surface area contributed by atoms with Crippen LogP contribution in [0.3, 0.4) is 0 Å². The van der Waals surface area contributed by atoms with E-state index in [9.17, 15) is 9.59 Å². The molecule has 1 aromatic carbocycles. The minimum Gasteiger partial charge on any atom is -0.353 e. The highest BCUT2D eigenvalue weighted by Gasteiger charge is 2.43. The van der Waals surface area contributed by atoms with Gasteiger partial charge in [-0.15, -0.1) is 0 Å². The van der Waals surface area contributed by atoms with Crippen molar-refractivity contribution in [1.29, 1.82) is 0 Å². The number of aromatic nitrogens is 1. The van der Waals surface area contributed by atoms with Gasteiger partial charge in [0.1, 0.15) is 0 Å². The third kappa shape index (κ3) is 5.07. The summed E-state index contributed by atoms with van der Waals surface area (Å²) in [7, 11) is 0. The van der Waals surface area contributed by atoms with Crippen molar-refractivity contribution in [2.24, 2.45) is 5.41 Å². The number of pyridine rings is 1. The average Bonchev–Trinajstić information content (AvgIpc) is 2.74. The van der Waals surface area contributed by atoms with Gasteiger partial charge in [-0.3, -0.25) is 14.6 Å². The van der Waals surface area contributed by atoms with E-state index in [-0.39, 0.29) is 17.9 Å². The molecule has 30 heavy (non-hydrogen) atoms. The van der Waals surface area contributed by atoms with Crippen LogP contribution in [0.4, 0.5) is 0 Å². The molecule has 0 radical (unpaired) electrons. The number of hydrogen-bond acceptors (Lipinski definition) is 3. The van der Waals surface area contributed by atoms with Crippen molar-refractivity contribution < 1.29 is 9.59 Å². The van der Waals surface area contributed by atoms with Gasteiger partial charge in [0.15, 0.2) is 0 Å². The first kappa shape index (κ1) is 22.0. The van der Waals surface area contributed by atoms with E-state index in [4.69, 9.17) is 0 Å². The van der Waals surface area contributed by atoms with E-state index in [0.29, 0.717) is 19.4 Å². The Morgan fingerprint density at radius 2 is 2.00 bits per heavy atom. The van der Waals surface area contributed by atoms with Crippen molar-refractivity contribution in [3.05, 3.63) is 54.4 Å². The Hall–Kier alpha value is -2.69. The third-order valence-corrected chi connectivity index (χ3v) is 5.81. The van der Waals surface area contributed by atoms with E-state index in [1.54, 1.807) is 6.20 Å². The van der Waals surface area contributed by atoms with Crippen LogP contribution in [-0.4, -0.2) is 40.8 Å². The Morgan fingerprint density at radius 3 is 2.70 bits per heavy atom. The van der Waals surface area contributed by atoms with Crippen LogP contribution in [0.2, 0.25) is 0 Å². The standard InChI is InChI=1S/C25H33N3O2/c1-4-9-23(29)28-15-8-13-25(18-28,24(30)27-19(2)3)16-20-10-5-6-12-22(20)21-11-7-14-26-17-21/h5-7,10-12,14,17,19H,4,8-9,13,15-16,18H2,1-3H3,(H,27,30)/t25-/m0/s1. The van der Waals surface area contributed by atoms with Gasteiger partial charge in [-0.2, -0.15) is 0 Å². The number of carbonyl (C=O) groups is 2. The van der Waals surface area contributed by atoms with Gasteiger partial charge in [0.2, 0.25) is 11.8 Å². The maximum Gasteiger partial charge on any atom is 0.228 e. The van der Waals surface area contributed by atoms with Crippen molar-refractivity contribution in [2.75, 3.05) is 13.1 Å². The van der Waals surface area contributed by atoms with Crippen LogP contribution in [0.15, 0.2) is 48.8 Å². The number of likely N-dealkylation sites (tertiary alicyclic amines) is 1. The number of nitrogens with one attached hydrogen (secondary N) is 1. The lowest BCUT2D eigenvalue weighted by atomic mass is 9.73. The van der Waals surface area contributed by atoms with Gasteiger partial charge in [0.05, 0.1) is 5.41 Å². The van der Waals surface area contributed by atoms with Crippen molar-refractivity contribution in [1.82, 2.24) is 15.2 Å². The summed E-state index contributed by atoms with van der Waals surface area (Å²) >= 11 is 0. The van der Waals surface area contributed by atoms with E-state index in [1.165, 1.54) is 0 Å². The van der Waals surface area contributed by atoms with Gasteiger partial charge >= 0.3 is 0 Å². The largest absolute Gasteiger partial charge is 0.353 e. The number of hydrogen-bond donors (Lipinski definition) is 1. The van der Waals surface area contributed by atoms with Gasteiger partial charge in [0.25, 0.3) is 0 Å². The molecule has 1 N–H and O–H groups in total. The molecule has 1 fully saturated rings. The summed E-state index contributed by atoms with van der Waals surface area (Å²) in [5, 5.41) is 3.14. The summed E-state index contributed by atoms with van der Waals surface area (Å²) in [6.07, 6.45) is 7.21. The van der Waals surface area contributed by atoms with E-state index in [1.807, 2.05) is 56.1 Å². The van der Waals surface area contributed by atoms with Gasteiger partial charge in [0, 0.05) is 43.5 Å². The van der Waals surface area contributed by atoms with E-state index in [0.717, 1.165) is 42.5 Å². The van der Waals surface area contributed by atoms with Crippen LogP contribution in [0.5, 0.6) is 0 Å². The highest BCUT2D eigenvalue weighted by Crippen LogP contribution is 2.37. The van der Waals surface area contributed by atoms with Crippen molar-refractivity contribution in [3.8, 4) is 11.1 Å². The highest BCUT2D eigenvalue weighted by atomic mass is 16.2. The Labute approximate surface area is 179 Å². The molecule has 0 saturated carbocycles. The highest BCUT2D eigenvalue weighted by molar-refractivity contribution is 5.85. The van der Waals surface area contributed by atoms with Crippen LogP contribution < -0.4 is 5.32 Å². The monoisotopic (exact) mass is 407 g/mol. The van der Waals surface area contributed by atoms with E-state index in [2.05, 4.69) is 22.4 Å². The topological polar surface area (TPSA) is 62.3 Å². The first-order chi connectivity index (χ1) is 14.4. The Kier molecular flexibility index (Phi) is 7.24. The van der Waals surface area contributed by atoms with E-state index < -0.39 is 5.41 Å². The fourth-order valence-electron chi connectivity index (χ4n) is 4.38. The molecular weight excluding hydrogens is 374 g/mol. The van der Waals surface area contributed by atoms with E-state index >= 15 is 0 Å². The fraction of sp³-hybridized carbons (Fsp3) is 0.480. The molecule has 1 saturated heterocycles. The zero-order valence-electron chi connectivity index (χ0n) is 18.4. The SMILES string of the molecule is CCCC(=O)N1CCC[C@@](Cc2ccccc2-c2cccnc2)(C(=O)NC(C)C)C1. The van der Waals surface area contributed by atoms with Crippen LogP contribution >= 0.6 is 0 Å². The molecule has 0 aliphatic carbocycles. The molecule has 1 aliphatic heterocycles. The van der Waals surface area contributed by atoms with Gasteiger partial charge < -0.3 is 10.2 Å². The number of nitrogens with zero attached hydrogens (tertiary/aromatic N) is 2. The van der Waals surface area contributed by atoms with Crippen molar-refractivity contribution >= 4 is 11.8 Å². The molecule has 5 nitrogen and oxygen atoms in total. The lowest BCUT2D eigenvalue weighted by Gasteiger charge is -2.42. The predicted molar refractivity (Wildman–Crippen MR) is 120 cm³/mol. The predicted octanol–water partition coefficient (Wildman–Crippen LogP) is 4.22. The minimum atomic E-state index is -0.621. The molecule has 0 unspecified atom stereocenters. The molecule has 3 rings (SSSR count). The normalized spacial score (nSPS) is 19.0. The van der Waals surface area contributed by atoms with Gasteiger partial charge in [-0.25, -0.2) is 0 Å². The third-order valence-electron chi connectivity index (χ3n) is 5.81. The maximum absolute atomic E-state index is 13.4. The second kappa shape index (κ2) is 9.88. The molecule has 1 aromatic heterocycles. The molecule has 5 heteroatoms. The summed E-state index contributed by atoms with van der Waals surface area (Å²) in [5.41, 5.74) is 2.64. The lowest BCUT2D eigenvalue weighted by molar-refractivity contribution is -0.142. The summed E-state index contributed by atoms with van der Waals surface area (Å²) < 4.78 is 0. The van der Waals surface area contributed by atoms with Crippen molar-refractivity contribution in [2.45, 2.75) is 58.9 Å². The lowest BCUT2D eigenvalue weighted by Crippen LogP contribution is -2.55. The number of benzene rings is 1. The molecule has 2 heterocycles. The fourth-order valence-corrected chi connectivity index (χ4v) is 4.38. The maximum atomic E-state index is 13.4. The zero-order valence-corrected chi connectivity index (χ0v) is 18.4. The molecule has 2 amide bonds. The van der Waals surface area contributed by atoms with Crippen LogP contribution in [-0.2, 0) is 16.0 Å².